The van der Waals surface area contributed by atoms with E-state index in [1.165, 1.54) is 22.2 Å². The van der Waals surface area contributed by atoms with E-state index in [4.69, 9.17) is 5.10 Å². The lowest BCUT2D eigenvalue weighted by molar-refractivity contribution is 0.526. The first kappa shape index (κ1) is 11.5. The summed E-state index contributed by atoms with van der Waals surface area (Å²) in [5.74, 6) is 0.866. The van der Waals surface area contributed by atoms with Gasteiger partial charge in [0, 0.05) is 35.8 Å². The van der Waals surface area contributed by atoms with Crippen molar-refractivity contribution in [2.45, 2.75) is 12.8 Å². The van der Waals surface area contributed by atoms with Gasteiger partial charge in [0.15, 0.2) is 0 Å². The second-order valence-corrected chi connectivity index (χ2v) is 5.23. The van der Waals surface area contributed by atoms with Crippen molar-refractivity contribution in [3.05, 3.63) is 35.5 Å². The molecule has 2 heterocycles. The Morgan fingerprint density at radius 1 is 1.25 bits per heavy atom. The first-order valence-corrected chi connectivity index (χ1v) is 7.02. The van der Waals surface area contributed by atoms with Crippen LogP contribution in [-0.4, -0.2) is 41.8 Å². The highest BCUT2D eigenvalue weighted by Crippen LogP contribution is 2.30. The van der Waals surface area contributed by atoms with Crippen molar-refractivity contribution < 1.29 is 0 Å². The third-order valence-electron chi connectivity index (χ3n) is 3.92. The minimum Gasteiger partial charge on any atom is -0.358 e. The summed E-state index contributed by atoms with van der Waals surface area (Å²) in [6.07, 6.45) is 2.03. The van der Waals surface area contributed by atoms with Gasteiger partial charge in [-0.3, -0.25) is 0 Å². The highest BCUT2D eigenvalue weighted by atomic mass is 15.5. The van der Waals surface area contributed by atoms with Crippen LogP contribution in [0.5, 0.6) is 0 Å². The van der Waals surface area contributed by atoms with Gasteiger partial charge in [-0.15, -0.1) is 0 Å². The van der Waals surface area contributed by atoms with Gasteiger partial charge in [-0.25, -0.2) is 10.0 Å². The van der Waals surface area contributed by atoms with Crippen molar-refractivity contribution >= 4 is 22.6 Å². The molecule has 0 bridgehead atoms. The van der Waals surface area contributed by atoms with Gasteiger partial charge in [-0.1, -0.05) is 18.2 Å². The maximum atomic E-state index is 4.76. The molecule has 0 radical (unpaired) electrons. The van der Waals surface area contributed by atoms with Crippen LogP contribution in [0.25, 0.3) is 10.9 Å². The molecule has 0 unspecified atom stereocenters. The maximum Gasteiger partial charge on any atom is 0.214 e. The minimum absolute atomic E-state index is 0.836. The van der Waals surface area contributed by atoms with Crippen molar-refractivity contribution in [2.24, 2.45) is 10.1 Å². The predicted octanol–water partition coefficient (Wildman–Crippen LogP) is 1.71. The highest BCUT2D eigenvalue weighted by molar-refractivity contribution is 6.14. The summed E-state index contributed by atoms with van der Waals surface area (Å²) in [5, 5.41) is 11.1. The van der Waals surface area contributed by atoms with Crippen molar-refractivity contribution in [1.29, 1.82) is 0 Å². The van der Waals surface area contributed by atoms with E-state index >= 15 is 0 Å². The van der Waals surface area contributed by atoms with Crippen molar-refractivity contribution in [2.75, 3.05) is 20.1 Å². The predicted molar refractivity (Wildman–Crippen MR) is 81.2 cm³/mol. The number of benzene rings is 1. The lowest BCUT2D eigenvalue weighted by atomic mass is 10.1. The summed E-state index contributed by atoms with van der Waals surface area (Å²) < 4.78 is 0. The zero-order valence-corrected chi connectivity index (χ0v) is 11.5. The SMILES string of the molecule is CN(/N=C1\CCc2[nH]c3ccccc3c21)C1=NCCN1. The molecule has 20 heavy (non-hydrogen) atoms. The molecule has 0 atom stereocenters. The average Bonchev–Trinajstić information content (AvgIpc) is 3.15. The van der Waals surface area contributed by atoms with Crippen molar-refractivity contribution in [3.63, 3.8) is 0 Å². The Morgan fingerprint density at radius 3 is 3.00 bits per heavy atom. The smallest absolute Gasteiger partial charge is 0.214 e. The zero-order chi connectivity index (χ0) is 13.5. The van der Waals surface area contributed by atoms with E-state index in [-0.39, 0.29) is 0 Å². The molecule has 0 spiro atoms. The molecule has 2 aliphatic rings. The normalized spacial score (nSPS) is 19.2. The fraction of sp³-hybridized carbons (Fsp3) is 0.333. The van der Waals surface area contributed by atoms with E-state index < -0.39 is 0 Å². The number of nitrogens with zero attached hydrogens (tertiary/aromatic N) is 3. The molecule has 1 aromatic carbocycles. The number of fused-ring (bicyclic) bond motifs is 3. The summed E-state index contributed by atoms with van der Waals surface area (Å²) >= 11 is 0. The average molecular weight is 267 g/mol. The molecule has 102 valence electrons. The number of guanidine groups is 1. The zero-order valence-electron chi connectivity index (χ0n) is 11.5. The summed E-state index contributed by atoms with van der Waals surface area (Å²) in [6.45, 7) is 1.74. The van der Waals surface area contributed by atoms with E-state index in [1.54, 1.807) is 0 Å². The molecular weight excluding hydrogens is 250 g/mol. The molecule has 1 aromatic heterocycles. The van der Waals surface area contributed by atoms with Crippen LogP contribution in [-0.2, 0) is 6.42 Å². The monoisotopic (exact) mass is 267 g/mol. The molecule has 0 amide bonds. The Kier molecular flexibility index (Phi) is 2.52. The number of hydrogen-bond donors (Lipinski definition) is 2. The minimum atomic E-state index is 0.836. The Balaban J connectivity index is 1.76. The molecule has 0 fully saturated rings. The Labute approximate surface area is 117 Å². The van der Waals surface area contributed by atoms with Crippen LogP contribution >= 0.6 is 0 Å². The molecule has 4 rings (SSSR count). The topological polar surface area (TPSA) is 55.8 Å². The Morgan fingerprint density at radius 2 is 2.15 bits per heavy atom. The maximum absolute atomic E-state index is 4.76. The summed E-state index contributed by atoms with van der Waals surface area (Å²) in [6, 6.07) is 8.43. The van der Waals surface area contributed by atoms with Crippen LogP contribution in [0.1, 0.15) is 17.7 Å². The van der Waals surface area contributed by atoms with Gasteiger partial charge in [0.05, 0.1) is 12.3 Å². The van der Waals surface area contributed by atoms with Gasteiger partial charge in [-0.2, -0.15) is 5.10 Å². The third-order valence-corrected chi connectivity index (χ3v) is 3.92. The number of para-hydroxylation sites is 1. The van der Waals surface area contributed by atoms with Crippen molar-refractivity contribution in [1.82, 2.24) is 15.3 Å². The number of aliphatic imine (C=N–C) groups is 1. The lowest BCUT2D eigenvalue weighted by Gasteiger charge is -2.14. The molecule has 2 aromatic rings. The number of aromatic nitrogens is 1. The first-order valence-electron chi connectivity index (χ1n) is 7.02. The van der Waals surface area contributed by atoms with Crippen LogP contribution in [0.4, 0.5) is 0 Å². The van der Waals surface area contributed by atoms with E-state index in [0.717, 1.165) is 37.6 Å². The largest absolute Gasteiger partial charge is 0.358 e. The summed E-state index contributed by atoms with van der Waals surface area (Å²) in [7, 11) is 1.96. The molecule has 1 aliphatic carbocycles. The number of rotatable bonds is 1. The summed E-state index contributed by atoms with van der Waals surface area (Å²) in [5.41, 5.74) is 4.94. The number of hydrazone groups is 1. The van der Waals surface area contributed by atoms with Crippen LogP contribution in [0.15, 0.2) is 34.4 Å². The van der Waals surface area contributed by atoms with Gasteiger partial charge in [-0.05, 0) is 18.9 Å². The summed E-state index contributed by atoms with van der Waals surface area (Å²) in [4.78, 5) is 7.90. The molecule has 5 heteroatoms. The quantitative estimate of drug-likeness (QED) is 0.773. The van der Waals surface area contributed by atoms with Crippen LogP contribution in [0.2, 0.25) is 0 Å². The molecule has 2 N–H and O–H groups in total. The molecule has 1 aliphatic heterocycles. The van der Waals surface area contributed by atoms with Gasteiger partial charge in [0.25, 0.3) is 0 Å². The Hall–Kier alpha value is -2.30. The molecule has 5 nitrogen and oxygen atoms in total. The number of hydrogen-bond acceptors (Lipinski definition) is 4. The van der Waals surface area contributed by atoms with Crippen LogP contribution in [0.3, 0.4) is 0 Å². The van der Waals surface area contributed by atoms with Gasteiger partial charge in [0.1, 0.15) is 0 Å². The number of aromatic amines is 1. The van der Waals surface area contributed by atoms with Gasteiger partial charge in [0.2, 0.25) is 5.96 Å². The van der Waals surface area contributed by atoms with Crippen molar-refractivity contribution in [3.8, 4) is 0 Å². The van der Waals surface area contributed by atoms with E-state index in [0.29, 0.717) is 0 Å². The Bertz CT molecular complexity index is 725. The molecular formula is C15H17N5. The van der Waals surface area contributed by atoms with Crippen LogP contribution < -0.4 is 5.32 Å². The standard InChI is InChI=1S/C15H17N5/c1-20(15-16-8-9-17-15)19-13-7-6-12-14(13)10-4-2-3-5-11(10)18-12/h2-5,18H,6-9H2,1H3,(H,16,17)/b19-13+. The lowest BCUT2D eigenvalue weighted by Crippen LogP contribution is -2.32. The van der Waals surface area contributed by atoms with Crippen LogP contribution in [0, 0.1) is 0 Å². The van der Waals surface area contributed by atoms with Gasteiger partial charge >= 0.3 is 0 Å². The fourth-order valence-corrected chi connectivity index (χ4v) is 3.01. The van der Waals surface area contributed by atoms with E-state index in [2.05, 4.69) is 39.6 Å². The third kappa shape index (κ3) is 1.70. The fourth-order valence-electron chi connectivity index (χ4n) is 3.01. The van der Waals surface area contributed by atoms with Gasteiger partial charge < -0.3 is 10.3 Å². The molecule has 0 saturated carbocycles. The molecule has 0 saturated heterocycles. The second-order valence-electron chi connectivity index (χ2n) is 5.23. The number of aryl methyl sites for hydroxylation is 1. The number of nitrogens with one attached hydrogen (secondary N) is 2. The van der Waals surface area contributed by atoms with E-state index in [1.807, 2.05) is 12.1 Å². The highest BCUT2D eigenvalue weighted by Gasteiger charge is 2.24. The first-order chi connectivity index (χ1) is 9.83. The number of H-pyrrole nitrogens is 1. The van der Waals surface area contributed by atoms with E-state index in [9.17, 15) is 0 Å². The second kappa shape index (κ2) is 4.37.